The van der Waals surface area contributed by atoms with Crippen LogP contribution in [0.15, 0.2) is 65.6 Å². The lowest BCUT2D eigenvalue weighted by molar-refractivity contribution is -0.146. The van der Waals surface area contributed by atoms with E-state index in [-0.39, 0.29) is 22.6 Å². The zero-order chi connectivity index (χ0) is 22.5. The summed E-state index contributed by atoms with van der Waals surface area (Å²) in [6.45, 7) is 0.761. The summed E-state index contributed by atoms with van der Waals surface area (Å²) in [5, 5.41) is 12.3. The van der Waals surface area contributed by atoms with E-state index in [0.717, 1.165) is 5.56 Å². The minimum atomic E-state index is -3.66. The Morgan fingerprint density at radius 3 is 2.28 bits per heavy atom. The van der Waals surface area contributed by atoms with Gasteiger partial charge in [-0.15, -0.1) is 0 Å². The summed E-state index contributed by atoms with van der Waals surface area (Å²) in [6, 6.07) is 13.9. The Hall–Kier alpha value is -2.97. The van der Waals surface area contributed by atoms with Gasteiger partial charge in [-0.1, -0.05) is 36.4 Å². The van der Waals surface area contributed by atoms with Crippen LogP contribution in [-0.4, -0.2) is 36.3 Å². The molecular formula is C24H24N2O5S. The number of carboxylic acid groups (broad SMARTS) is 1. The summed E-state index contributed by atoms with van der Waals surface area (Å²) in [5.41, 5.74) is 2.64. The van der Waals surface area contributed by atoms with Gasteiger partial charge in [0.05, 0.1) is 16.7 Å². The number of nitrogens with zero attached hydrogens (tertiary/aromatic N) is 1. The minimum Gasteiger partial charge on any atom is -0.481 e. The van der Waals surface area contributed by atoms with Gasteiger partial charge >= 0.3 is 5.97 Å². The number of hydrogen-bond acceptors (Lipinski definition) is 4. The second-order valence-electron chi connectivity index (χ2n) is 8.71. The van der Waals surface area contributed by atoms with E-state index in [4.69, 9.17) is 0 Å². The lowest BCUT2D eigenvalue weighted by atomic mass is 9.82. The molecule has 1 saturated carbocycles. The molecule has 2 aliphatic carbocycles. The first-order valence-corrected chi connectivity index (χ1v) is 12.2. The van der Waals surface area contributed by atoms with Crippen LogP contribution in [0.5, 0.6) is 0 Å². The van der Waals surface area contributed by atoms with E-state index in [0.29, 0.717) is 31.6 Å². The van der Waals surface area contributed by atoms with E-state index >= 15 is 0 Å². The quantitative estimate of drug-likeness (QED) is 0.679. The highest BCUT2D eigenvalue weighted by Gasteiger charge is 2.51. The molecular weight excluding hydrogens is 428 g/mol. The molecule has 0 saturated heterocycles. The van der Waals surface area contributed by atoms with Gasteiger partial charge in [-0.05, 0) is 60.1 Å². The Kier molecular flexibility index (Phi) is 5.14. The first-order chi connectivity index (χ1) is 15.3. The van der Waals surface area contributed by atoms with Crippen molar-refractivity contribution in [2.24, 2.45) is 23.7 Å². The monoisotopic (exact) mass is 452 g/mol. The molecule has 0 spiro atoms. The maximum absolute atomic E-state index is 13.1. The molecule has 2 aromatic rings. The largest absolute Gasteiger partial charge is 0.481 e. The molecule has 3 aliphatic rings. The summed E-state index contributed by atoms with van der Waals surface area (Å²) in [5.74, 6) is -2.78. The average Bonchev–Trinajstić information content (AvgIpc) is 3.41. The van der Waals surface area contributed by atoms with Crippen molar-refractivity contribution in [1.29, 1.82) is 0 Å². The molecule has 0 unspecified atom stereocenters. The third-order valence-corrected chi connectivity index (χ3v) is 8.76. The number of carbonyl (C=O) groups is 2. The fraction of sp³-hybridized carbons (Fsp3) is 0.333. The number of fused-ring (bicyclic) bond motifs is 3. The van der Waals surface area contributed by atoms with Gasteiger partial charge in [-0.25, -0.2) is 8.42 Å². The van der Waals surface area contributed by atoms with Crippen LogP contribution >= 0.6 is 0 Å². The van der Waals surface area contributed by atoms with Crippen LogP contribution in [0.2, 0.25) is 0 Å². The molecule has 4 atom stereocenters. The molecule has 1 amide bonds. The number of aliphatic carboxylic acids is 1. The Morgan fingerprint density at radius 2 is 1.59 bits per heavy atom. The van der Waals surface area contributed by atoms with E-state index in [1.807, 2.05) is 36.4 Å². The van der Waals surface area contributed by atoms with Crippen molar-refractivity contribution in [3.8, 4) is 0 Å². The molecule has 2 aromatic carbocycles. The second kappa shape index (κ2) is 7.86. The first-order valence-electron chi connectivity index (χ1n) is 10.7. The normalized spacial score (nSPS) is 26.6. The summed E-state index contributed by atoms with van der Waals surface area (Å²) in [6.07, 6.45) is 5.18. The second-order valence-corrected chi connectivity index (χ2v) is 10.6. The lowest BCUT2D eigenvalue weighted by Gasteiger charge is -2.28. The van der Waals surface area contributed by atoms with Gasteiger partial charge in [-0.3, -0.25) is 9.59 Å². The van der Waals surface area contributed by atoms with Crippen molar-refractivity contribution in [3.63, 3.8) is 0 Å². The third-order valence-electron chi connectivity index (χ3n) is 6.90. The fourth-order valence-corrected chi connectivity index (χ4v) is 6.70. The van der Waals surface area contributed by atoms with Gasteiger partial charge in [0.2, 0.25) is 15.9 Å². The van der Waals surface area contributed by atoms with Crippen LogP contribution in [0.3, 0.4) is 0 Å². The molecule has 8 heteroatoms. The molecule has 2 N–H and O–H groups in total. The number of allylic oxidation sites excluding steroid dienone is 2. The smallest absolute Gasteiger partial charge is 0.307 e. The topological polar surface area (TPSA) is 104 Å². The zero-order valence-corrected chi connectivity index (χ0v) is 18.2. The molecule has 1 heterocycles. The van der Waals surface area contributed by atoms with Crippen molar-refractivity contribution < 1.29 is 23.1 Å². The van der Waals surface area contributed by atoms with Crippen molar-refractivity contribution in [2.45, 2.75) is 24.3 Å². The van der Waals surface area contributed by atoms with Gasteiger partial charge in [0.25, 0.3) is 0 Å². The highest BCUT2D eigenvalue weighted by atomic mass is 32.2. The number of nitrogens with one attached hydrogen (secondary N) is 1. The number of rotatable bonds is 5. The van der Waals surface area contributed by atoms with Crippen LogP contribution in [-0.2, 0) is 32.6 Å². The summed E-state index contributed by atoms with van der Waals surface area (Å²) < 4.78 is 27.7. The Labute approximate surface area is 186 Å². The number of hydrogen-bond donors (Lipinski definition) is 2. The van der Waals surface area contributed by atoms with Crippen LogP contribution in [0.4, 0.5) is 5.69 Å². The number of benzene rings is 2. The minimum absolute atomic E-state index is 0.0669. The average molecular weight is 453 g/mol. The van der Waals surface area contributed by atoms with Crippen molar-refractivity contribution in [2.75, 3.05) is 11.9 Å². The van der Waals surface area contributed by atoms with E-state index < -0.39 is 27.8 Å². The van der Waals surface area contributed by atoms with Crippen LogP contribution in [0, 0.1) is 23.7 Å². The lowest BCUT2D eigenvalue weighted by Crippen LogP contribution is -2.36. The van der Waals surface area contributed by atoms with Crippen molar-refractivity contribution >= 4 is 27.6 Å². The number of sulfonamides is 1. The molecule has 2 bridgehead atoms. The number of carbonyl (C=O) groups excluding carboxylic acids is 1. The number of carboxylic acids is 1. The molecule has 1 aliphatic heterocycles. The molecule has 0 radical (unpaired) electrons. The van der Waals surface area contributed by atoms with Gasteiger partial charge in [0, 0.05) is 18.8 Å². The predicted octanol–water partition coefficient (Wildman–Crippen LogP) is 2.90. The van der Waals surface area contributed by atoms with Gasteiger partial charge in [-0.2, -0.15) is 4.31 Å². The Morgan fingerprint density at radius 1 is 0.938 bits per heavy atom. The molecule has 0 aromatic heterocycles. The molecule has 166 valence electrons. The molecule has 5 rings (SSSR count). The third kappa shape index (κ3) is 3.53. The van der Waals surface area contributed by atoms with Crippen molar-refractivity contribution in [1.82, 2.24) is 4.31 Å². The Balaban J connectivity index is 1.30. The van der Waals surface area contributed by atoms with Crippen LogP contribution in [0.25, 0.3) is 0 Å². The SMILES string of the molecule is O=C(O)[C@H]1[C@H](C(=O)Nc2ccc(S(=O)(=O)N3CCc4ccccc4C3)cc2)[C@H]2C=C[C@H]1C2. The summed E-state index contributed by atoms with van der Waals surface area (Å²) in [4.78, 5) is 24.7. The number of anilines is 1. The standard InChI is InChI=1S/C24H24N2O5S/c27-23(21-16-5-6-17(13-16)22(21)24(28)29)25-19-7-9-20(10-8-19)32(30,31)26-12-11-15-3-1-2-4-18(15)14-26/h1-10,16-17,21-22H,11-14H2,(H,25,27)(H,28,29)/t16-,17-,21+,22+/m0/s1. The molecule has 7 nitrogen and oxygen atoms in total. The number of amides is 1. The molecule has 1 fully saturated rings. The van der Waals surface area contributed by atoms with E-state index in [1.54, 1.807) is 12.1 Å². The van der Waals surface area contributed by atoms with E-state index in [9.17, 15) is 23.1 Å². The Bertz CT molecular complexity index is 1210. The fourth-order valence-electron chi connectivity index (χ4n) is 5.28. The van der Waals surface area contributed by atoms with Crippen LogP contribution in [0.1, 0.15) is 17.5 Å². The maximum Gasteiger partial charge on any atom is 0.307 e. The molecule has 32 heavy (non-hydrogen) atoms. The van der Waals surface area contributed by atoms with Crippen LogP contribution < -0.4 is 5.32 Å². The maximum atomic E-state index is 13.1. The zero-order valence-electron chi connectivity index (χ0n) is 17.3. The summed E-state index contributed by atoms with van der Waals surface area (Å²) in [7, 11) is -3.66. The first kappa shape index (κ1) is 20.9. The summed E-state index contributed by atoms with van der Waals surface area (Å²) >= 11 is 0. The van der Waals surface area contributed by atoms with Gasteiger partial charge < -0.3 is 10.4 Å². The van der Waals surface area contributed by atoms with Gasteiger partial charge in [0.1, 0.15) is 0 Å². The van der Waals surface area contributed by atoms with Gasteiger partial charge in [0.15, 0.2) is 0 Å². The van der Waals surface area contributed by atoms with E-state index in [1.165, 1.54) is 22.0 Å². The highest BCUT2D eigenvalue weighted by molar-refractivity contribution is 7.89. The van der Waals surface area contributed by atoms with E-state index in [2.05, 4.69) is 5.32 Å². The van der Waals surface area contributed by atoms with Crippen molar-refractivity contribution in [3.05, 3.63) is 71.8 Å². The predicted molar refractivity (Wildman–Crippen MR) is 118 cm³/mol. The highest BCUT2D eigenvalue weighted by Crippen LogP contribution is 2.48.